The van der Waals surface area contributed by atoms with Gasteiger partial charge in [0.2, 0.25) is 0 Å². The normalized spacial score (nSPS) is 12.5. The van der Waals surface area contributed by atoms with Gasteiger partial charge in [0.25, 0.3) is 0 Å². The molecule has 90 valence electrons. The van der Waals surface area contributed by atoms with Crippen molar-refractivity contribution in [2.24, 2.45) is 5.92 Å². The molecule has 0 spiro atoms. The third-order valence-electron chi connectivity index (χ3n) is 2.59. The zero-order valence-electron chi connectivity index (χ0n) is 9.87. The van der Waals surface area contributed by atoms with E-state index in [-0.39, 0.29) is 5.82 Å². The first-order valence-electron chi connectivity index (χ1n) is 5.67. The average Bonchev–Trinajstić information content (AvgIpc) is 2.29. The number of hydrogen-bond acceptors (Lipinski definition) is 2. The van der Waals surface area contributed by atoms with Crippen molar-refractivity contribution >= 4 is 12.6 Å². The van der Waals surface area contributed by atoms with Gasteiger partial charge < -0.3 is 4.74 Å². The summed E-state index contributed by atoms with van der Waals surface area (Å²) in [6.07, 6.45) is 2.17. The maximum absolute atomic E-state index is 13.6. The topological polar surface area (TPSA) is 9.23 Å². The van der Waals surface area contributed by atoms with Gasteiger partial charge in [-0.2, -0.15) is 12.6 Å². The van der Waals surface area contributed by atoms with Gasteiger partial charge >= 0.3 is 0 Å². The summed E-state index contributed by atoms with van der Waals surface area (Å²) in [6, 6.07) is 5.22. The van der Waals surface area contributed by atoms with Crippen molar-refractivity contribution in [3.8, 4) is 5.75 Å². The van der Waals surface area contributed by atoms with Crippen molar-refractivity contribution in [3.63, 3.8) is 0 Å². The zero-order valence-corrected chi connectivity index (χ0v) is 10.8. The Morgan fingerprint density at radius 1 is 1.44 bits per heavy atom. The number of thiol groups is 1. The highest BCUT2D eigenvalue weighted by Crippen LogP contribution is 2.21. The first kappa shape index (κ1) is 13.4. The largest absolute Gasteiger partial charge is 0.490 e. The minimum atomic E-state index is -0.253. The lowest BCUT2D eigenvalue weighted by molar-refractivity contribution is 0.244. The van der Waals surface area contributed by atoms with Gasteiger partial charge in [-0.3, -0.25) is 0 Å². The smallest absolute Gasteiger partial charge is 0.167 e. The van der Waals surface area contributed by atoms with E-state index in [9.17, 15) is 4.39 Å². The molecule has 0 aliphatic rings. The Morgan fingerprint density at radius 3 is 2.81 bits per heavy atom. The summed E-state index contributed by atoms with van der Waals surface area (Å²) in [5.41, 5.74) is 0.621. The van der Waals surface area contributed by atoms with Gasteiger partial charge in [-0.1, -0.05) is 25.5 Å². The highest BCUT2D eigenvalue weighted by atomic mass is 32.1. The predicted molar refractivity (Wildman–Crippen MR) is 68.9 cm³/mol. The van der Waals surface area contributed by atoms with Gasteiger partial charge in [0.15, 0.2) is 11.6 Å². The summed E-state index contributed by atoms with van der Waals surface area (Å²) < 4.78 is 19.1. The fourth-order valence-electron chi connectivity index (χ4n) is 1.58. The van der Waals surface area contributed by atoms with Crippen LogP contribution in [0.25, 0.3) is 0 Å². The predicted octanol–water partition coefficient (Wildman–Crippen LogP) is 3.86. The molecule has 0 heterocycles. The molecule has 1 aromatic carbocycles. The molecule has 0 aliphatic carbocycles. The molecule has 0 aliphatic heterocycles. The summed E-state index contributed by atoms with van der Waals surface area (Å²) in [7, 11) is 0. The first-order valence-corrected chi connectivity index (χ1v) is 6.31. The molecule has 1 nitrogen and oxygen atoms in total. The third-order valence-corrected chi connectivity index (χ3v) is 3.10. The van der Waals surface area contributed by atoms with Crippen molar-refractivity contribution in [1.82, 2.24) is 0 Å². The molecule has 1 aromatic rings. The van der Waals surface area contributed by atoms with E-state index in [2.05, 4.69) is 19.6 Å². The number of hydrogen-bond donors (Lipinski definition) is 1. The monoisotopic (exact) mass is 242 g/mol. The molecular weight excluding hydrogens is 223 g/mol. The highest BCUT2D eigenvalue weighted by molar-refractivity contribution is 7.80. The average molecular weight is 242 g/mol. The third kappa shape index (κ3) is 3.71. The molecule has 0 bridgehead atoms. The summed E-state index contributed by atoms with van der Waals surface area (Å²) in [6.45, 7) is 4.41. The molecule has 0 amide bonds. The molecule has 0 saturated heterocycles. The lowest BCUT2D eigenvalue weighted by Gasteiger charge is -2.15. The molecule has 1 atom stereocenters. The molecule has 1 unspecified atom stereocenters. The van der Waals surface area contributed by atoms with E-state index >= 15 is 0 Å². The fraction of sp³-hybridized carbons (Fsp3) is 0.538. The molecule has 1 rings (SSSR count). The Balaban J connectivity index is 2.56. The van der Waals surface area contributed by atoms with Crippen LogP contribution in [0.2, 0.25) is 0 Å². The van der Waals surface area contributed by atoms with E-state index in [1.54, 1.807) is 19.1 Å². The van der Waals surface area contributed by atoms with Crippen LogP contribution in [-0.2, 0) is 0 Å². The van der Waals surface area contributed by atoms with E-state index in [1.807, 2.05) is 6.07 Å². The Labute approximate surface area is 102 Å². The number of halogens is 1. The summed E-state index contributed by atoms with van der Waals surface area (Å²) in [4.78, 5) is 0. The maximum atomic E-state index is 13.6. The fourth-order valence-corrected chi connectivity index (χ4v) is 1.86. The molecule has 0 fully saturated rings. The van der Waals surface area contributed by atoms with Crippen molar-refractivity contribution in [2.75, 3.05) is 12.4 Å². The van der Waals surface area contributed by atoms with Gasteiger partial charge in [0, 0.05) is 5.92 Å². The van der Waals surface area contributed by atoms with Crippen LogP contribution in [0.15, 0.2) is 18.2 Å². The van der Waals surface area contributed by atoms with Gasteiger partial charge in [-0.15, -0.1) is 0 Å². The Morgan fingerprint density at radius 2 is 2.19 bits per heavy atom. The van der Waals surface area contributed by atoms with Crippen LogP contribution in [0.1, 0.15) is 25.3 Å². The molecule has 16 heavy (non-hydrogen) atoms. The van der Waals surface area contributed by atoms with Crippen LogP contribution in [0.3, 0.4) is 0 Å². The number of benzene rings is 1. The zero-order chi connectivity index (χ0) is 12.0. The molecule has 3 heteroatoms. The minimum Gasteiger partial charge on any atom is -0.490 e. The van der Waals surface area contributed by atoms with Crippen LogP contribution < -0.4 is 4.74 Å². The Kier molecular flexibility index (Phi) is 5.67. The highest BCUT2D eigenvalue weighted by Gasteiger charge is 2.10. The van der Waals surface area contributed by atoms with Crippen LogP contribution in [0.4, 0.5) is 4.39 Å². The summed E-state index contributed by atoms with van der Waals surface area (Å²) >= 11 is 4.27. The molecule has 0 N–H and O–H groups in total. The standard InChI is InChI=1S/C13H19FOS/c1-3-5-11(9-16)8-15-12-7-4-6-10(2)13(12)14/h4,6-7,11,16H,3,5,8-9H2,1-2H3. The Bertz CT molecular complexity index is 328. The van der Waals surface area contributed by atoms with Crippen molar-refractivity contribution < 1.29 is 9.13 Å². The molecule has 0 aromatic heterocycles. The lowest BCUT2D eigenvalue weighted by Crippen LogP contribution is -2.14. The van der Waals surface area contributed by atoms with E-state index in [0.717, 1.165) is 18.6 Å². The van der Waals surface area contributed by atoms with Gasteiger partial charge in [0.1, 0.15) is 0 Å². The van der Waals surface area contributed by atoms with Gasteiger partial charge in [0.05, 0.1) is 6.61 Å². The van der Waals surface area contributed by atoms with Crippen molar-refractivity contribution in [1.29, 1.82) is 0 Å². The number of ether oxygens (including phenoxy) is 1. The van der Waals surface area contributed by atoms with Gasteiger partial charge in [-0.05, 0) is 30.7 Å². The number of rotatable bonds is 6. The van der Waals surface area contributed by atoms with Crippen LogP contribution in [-0.4, -0.2) is 12.4 Å². The number of aryl methyl sites for hydroxylation is 1. The molecule has 0 saturated carbocycles. The van der Waals surface area contributed by atoms with Crippen molar-refractivity contribution in [2.45, 2.75) is 26.7 Å². The van der Waals surface area contributed by atoms with E-state index in [4.69, 9.17) is 4.74 Å². The van der Waals surface area contributed by atoms with E-state index in [1.165, 1.54) is 0 Å². The quantitative estimate of drug-likeness (QED) is 0.745. The molecule has 0 radical (unpaired) electrons. The lowest BCUT2D eigenvalue weighted by atomic mass is 10.1. The second-order valence-electron chi connectivity index (χ2n) is 4.04. The summed E-state index contributed by atoms with van der Waals surface area (Å²) in [5, 5.41) is 0. The van der Waals surface area contributed by atoms with E-state index < -0.39 is 0 Å². The van der Waals surface area contributed by atoms with E-state index in [0.29, 0.717) is 23.8 Å². The van der Waals surface area contributed by atoms with Gasteiger partial charge in [-0.25, -0.2) is 4.39 Å². The van der Waals surface area contributed by atoms with Crippen LogP contribution in [0, 0.1) is 18.7 Å². The SMILES string of the molecule is CCCC(CS)COc1cccc(C)c1F. The maximum Gasteiger partial charge on any atom is 0.167 e. The van der Waals surface area contributed by atoms with Crippen LogP contribution in [0.5, 0.6) is 5.75 Å². The second-order valence-corrected chi connectivity index (χ2v) is 4.40. The minimum absolute atomic E-state index is 0.253. The van der Waals surface area contributed by atoms with Crippen molar-refractivity contribution in [3.05, 3.63) is 29.6 Å². The summed E-state index contributed by atoms with van der Waals surface area (Å²) in [5.74, 6) is 1.27. The Hall–Kier alpha value is -0.700. The second kappa shape index (κ2) is 6.79. The van der Waals surface area contributed by atoms with Crippen LogP contribution >= 0.6 is 12.6 Å². The first-order chi connectivity index (χ1) is 7.69. The molecular formula is C13H19FOS.